The Labute approximate surface area is 77.9 Å². The third-order valence-electron chi connectivity index (χ3n) is 1.16. The monoisotopic (exact) mass is 183 g/mol. The Hall–Kier alpha value is -1.13. The van der Waals surface area contributed by atoms with Crippen LogP contribution in [0.1, 0.15) is 0 Å². The van der Waals surface area contributed by atoms with E-state index in [4.69, 9.17) is 5.84 Å². The summed E-state index contributed by atoms with van der Waals surface area (Å²) in [6.45, 7) is 0. The summed E-state index contributed by atoms with van der Waals surface area (Å²) in [6, 6.07) is 9.80. The van der Waals surface area contributed by atoms with E-state index in [0.717, 1.165) is 11.2 Å². The molecule has 0 aromatic heterocycles. The van der Waals surface area contributed by atoms with Gasteiger partial charge in [0.05, 0.1) is 11.2 Å². The summed E-state index contributed by atoms with van der Waals surface area (Å²) < 4.78 is 0. The molecule has 0 saturated heterocycles. The molecule has 3 nitrogen and oxygen atoms in total. The molecule has 0 spiro atoms. The molecule has 66 valence electrons. The number of benzene rings is 1. The van der Waals surface area contributed by atoms with Gasteiger partial charge in [-0.15, -0.1) is 0 Å². The molecule has 0 unspecified atom stereocenters. The van der Waals surface area contributed by atoms with Crippen molar-refractivity contribution in [1.29, 1.82) is 0 Å². The molecular weight excluding hydrogens is 170 g/mol. The van der Waals surface area contributed by atoms with E-state index in [2.05, 4.69) is 18.0 Å². The van der Waals surface area contributed by atoms with Crippen molar-refractivity contribution in [3.05, 3.63) is 30.3 Å². The number of hydrogen-bond donors (Lipinski definition) is 2. The Morgan fingerprint density at radius 2 is 1.75 bits per heavy atom. The van der Waals surface area contributed by atoms with Crippen LogP contribution in [-0.4, -0.2) is 12.5 Å². The fourth-order valence-corrected chi connectivity index (χ4v) is 0.663. The smallest absolute Gasteiger partial charge is 0.0588 e. The SMILES string of the molecule is CN(N)c1ccccc1.NC=S. The van der Waals surface area contributed by atoms with Gasteiger partial charge in [-0.1, -0.05) is 30.4 Å². The van der Waals surface area contributed by atoms with Crippen molar-refractivity contribution in [1.82, 2.24) is 0 Å². The highest BCUT2D eigenvalue weighted by molar-refractivity contribution is 7.78. The molecule has 0 bridgehead atoms. The summed E-state index contributed by atoms with van der Waals surface area (Å²) in [5.74, 6) is 5.45. The molecule has 0 saturated carbocycles. The van der Waals surface area contributed by atoms with Gasteiger partial charge in [0.2, 0.25) is 0 Å². The minimum atomic E-state index is 1.03. The minimum Gasteiger partial charge on any atom is -0.396 e. The average molecular weight is 183 g/mol. The molecule has 0 aliphatic rings. The van der Waals surface area contributed by atoms with Gasteiger partial charge in [-0.2, -0.15) is 0 Å². The van der Waals surface area contributed by atoms with Crippen LogP contribution in [0.2, 0.25) is 0 Å². The maximum absolute atomic E-state index is 5.45. The van der Waals surface area contributed by atoms with Gasteiger partial charge in [0.1, 0.15) is 0 Å². The van der Waals surface area contributed by atoms with E-state index < -0.39 is 0 Å². The summed E-state index contributed by atoms with van der Waals surface area (Å²) in [6.07, 6.45) is 0. The van der Waals surface area contributed by atoms with Crippen LogP contribution in [0.3, 0.4) is 0 Å². The quantitative estimate of drug-likeness (QED) is 0.386. The lowest BCUT2D eigenvalue weighted by Crippen LogP contribution is -2.24. The molecule has 0 aliphatic carbocycles. The first-order valence-corrected chi connectivity index (χ1v) is 3.88. The Kier molecular flexibility index (Phi) is 5.95. The van der Waals surface area contributed by atoms with Crippen LogP contribution in [-0.2, 0) is 0 Å². The zero-order valence-electron chi connectivity index (χ0n) is 6.97. The van der Waals surface area contributed by atoms with Gasteiger partial charge in [0, 0.05) is 7.05 Å². The maximum Gasteiger partial charge on any atom is 0.0588 e. The fraction of sp³-hybridized carbons (Fsp3) is 0.125. The van der Waals surface area contributed by atoms with Gasteiger partial charge in [0.25, 0.3) is 0 Å². The summed E-state index contributed by atoms with van der Waals surface area (Å²) in [5.41, 5.74) is 6.65. The highest BCUT2D eigenvalue weighted by Gasteiger charge is 1.88. The normalized spacial score (nSPS) is 7.83. The number of hydrazine groups is 1. The molecule has 1 aromatic carbocycles. The maximum atomic E-state index is 5.45. The first-order chi connectivity index (χ1) is 5.72. The van der Waals surface area contributed by atoms with Crippen LogP contribution < -0.4 is 16.6 Å². The van der Waals surface area contributed by atoms with Gasteiger partial charge in [-0.25, -0.2) is 5.84 Å². The second-order valence-electron chi connectivity index (χ2n) is 2.08. The van der Waals surface area contributed by atoms with E-state index in [1.165, 1.54) is 0 Å². The molecule has 1 aromatic rings. The Morgan fingerprint density at radius 3 is 2.00 bits per heavy atom. The number of nitrogens with two attached hydrogens (primary N) is 2. The van der Waals surface area contributed by atoms with Crippen LogP contribution in [0, 0.1) is 0 Å². The summed E-state index contributed by atoms with van der Waals surface area (Å²) >= 11 is 4.05. The van der Waals surface area contributed by atoms with Gasteiger partial charge in [-0.05, 0) is 12.1 Å². The van der Waals surface area contributed by atoms with Crippen LogP contribution in [0.25, 0.3) is 0 Å². The molecule has 0 fully saturated rings. The largest absolute Gasteiger partial charge is 0.396 e. The number of nitrogens with zero attached hydrogens (tertiary/aromatic N) is 1. The molecular formula is C8H13N3S. The molecule has 0 radical (unpaired) electrons. The topological polar surface area (TPSA) is 55.3 Å². The van der Waals surface area contributed by atoms with Crippen LogP contribution in [0.5, 0.6) is 0 Å². The van der Waals surface area contributed by atoms with Crippen molar-refractivity contribution in [2.24, 2.45) is 11.6 Å². The zero-order chi connectivity index (χ0) is 9.40. The predicted molar refractivity (Wildman–Crippen MR) is 56.9 cm³/mol. The van der Waals surface area contributed by atoms with E-state index in [9.17, 15) is 0 Å². The second kappa shape index (κ2) is 6.57. The van der Waals surface area contributed by atoms with Crippen LogP contribution in [0.15, 0.2) is 30.3 Å². The van der Waals surface area contributed by atoms with Gasteiger partial charge >= 0.3 is 0 Å². The first-order valence-electron chi connectivity index (χ1n) is 3.41. The third-order valence-corrected chi connectivity index (χ3v) is 1.16. The lowest BCUT2D eigenvalue weighted by molar-refractivity contribution is 1.02. The molecule has 4 N–H and O–H groups in total. The molecule has 0 heterocycles. The highest BCUT2D eigenvalue weighted by Crippen LogP contribution is 2.05. The van der Waals surface area contributed by atoms with Crippen LogP contribution in [0.4, 0.5) is 5.69 Å². The van der Waals surface area contributed by atoms with E-state index >= 15 is 0 Å². The Morgan fingerprint density at radius 1 is 1.33 bits per heavy atom. The summed E-state index contributed by atoms with van der Waals surface area (Å²) in [7, 11) is 1.81. The highest BCUT2D eigenvalue weighted by atomic mass is 32.1. The number of anilines is 1. The van der Waals surface area contributed by atoms with E-state index in [1.807, 2.05) is 37.4 Å². The fourth-order valence-electron chi connectivity index (χ4n) is 0.663. The lowest BCUT2D eigenvalue weighted by atomic mass is 10.3. The van der Waals surface area contributed by atoms with Crippen molar-refractivity contribution < 1.29 is 0 Å². The van der Waals surface area contributed by atoms with E-state index in [1.54, 1.807) is 5.01 Å². The van der Waals surface area contributed by atoms with Crippen molar-refractivity contribution in [2.75, 3.05) is 12.1 Å². The number of para-hydroxylation sites is 1. The second-order valence-corrected chi connectivity index (χ2v) is 2.35. The van der Waals surface area contributed by atoms with Crippen LogP contribution >= 0.6 is 12.2 Å². The molecule has 0 aliphatic heterocycles. The molecule has 1 rings (SSSR count). The molecule has 12 heavy (non-hydrogen) atoms. The number of rotatable bonds is 1. The van der Waals surface area contributed by atoms with Gasteiger partial charge < -0.3 is 10.7 Å². The predicted octanol–water partition coefficient (Wildman–Crippen LogP) is 0.899. The Balaban J connectivity index is 0.000000354. The Bertz CT molecular complexity index is 211. The lowest BCUT2D eigenvalue weighted by Gasteiger charge is -2.09. The minimum absolute atomic E-state index is 1.03. The molecule has 0 atom stereocenters. The zero-order valence-corrected chi connectivity index (χ0v) is 7.79. The van der Waals surface area contributed by atoms with Crippen molar-refractivity contribution >= 4 is 23.4 Å². The van der Waals surface area contributed by atoms with Gasteiger partial charge in [0.15, 0.2) is 0 Å². The third kappa shape index (κ3) is 4.65. The van der Waals surface area contributed by atoms with Crippen molar-refractivity contribution in [2.45, 2.75) is 0 Å². The van der Waals surface area contributed by atoms with Crippen molar-refractivity contribution in [3.8, 4) is 0 Å². The van der Waals surface area contributed by atoms with Crippen molar-refractivity contribution in [3.63, 3.8) is 0 Å². The standard InChI is InChI=1S/C7H10N2.CH3NS/c1-9(8)7-5-3-2-4-6-7;2-1-3/h2-6H,8H2,1H3;1H,(H2,2,3). The summed E-state index contributed by atoms with van der Waals surface area (Å²) in [5, 5.41) is 1.58. The number of thiocarbonyl (C=S) groups is 1. The first kappa shape index (κ1) is 10.9. The molecule has 0 amide bonds. The molecule has 4 heteroatoms. The average Bonchev–Trinajstić information content (AvgIpc) is 2.07. The summed E-state index contributed by atoms with van der Waals surface area (Å²) in [4.78, 5) is 0. The van der Waals surface area contributed by atoms with Gasteiger partial charge in [-0.3, -0.25) is 0 Å². The van der Waals surface area contributed by atoms with E-state index in [0.29, 0.717) is 0 Å². The van der Waals surface area contributed by atoms with E-state index in [-0.39, 0.29) is 0 Å². The number of hydrogen-bond acceptors (Lipinski definition) is 3.